The molecule has 0 spiro atoms. The number of carboxylic acids is 1. The highest BCUT2D eigenvalue weighted by atomic mass is 16.4. The lowest BCUT2D eigenvalue weighted by atomic mass is 10.3. The summed E-state index contributed by atoms with van der Waals surface area (Å²) in [6.45, 7) is 0. The Morgan fingerprint density at radius 1 is 1.67 bits per heavy atom. The number of carboxylic acid groups (broad SMARTS) is 1. The Morgan fingerprint density at radius 3 is 2.83 bits per heavy atom. The van der Waals surface area contributed by atoms with Crippen molar-refractivity contribution in [1.82, 2.24) is 10.2 Å². The minimum Gasteiger partial charge on any atom is -0.478 e. The molecule has 6 nitrogen and oxygen atoms in total. The molecule has 1 rings (SSSR count). The highest BCUT2D eigenvalue weighted by Crippen LogP contribution is 2.10. The molecule has 1 aromatic heterocycles. The summed E-state index contributed by atoms with van der Waals surface area (Å²) in [7, 11) is 1.62. The Labute approximate surface area is 68.4 Å². The van der Waals surface area contributed by atoms with Crippen LogP contribution in [0.3, 0.4) is 0 Å². The fraction of sp³-hybridized carbons (Fsp3) is 0.167. The summed E-state index contributed by atoms with van der Waals surface area (Å²) in [6.07, 6.45) is 0. The predicted octanol–water partition coefficient (Wildman–Crippen LogP) is -0.201. The number of aromatic carboxylic acids is 1. The maximum atomic E-state index is 10.5. The van der Waals surface area contributed by atoms with Crippen LogP contribution in [-0.2, 0) is 0 Å². The smallest absolute Gasteiger partial charge is 0.339 e. The van der Waals surface area contributed by atoms with Crippen LogP contribution >= 0.6 is 0 Å². The van der Waals surface area contributed by atoms with Gasteiger partial charge in [-0.2, -0.15) is 0 Å². The number of aromatic nitrogens is 2. The molecule has 0 aromatic carbocycles. The minimum atomic E-state index is -1.11. The van der Waals surface area contributed by atoms with Gasteiger partial charge >= 0.3 is 5.97 Å². The molecule has 1 heterocycles. The molecule has 6 heteroatoms. The van der Waals surface area contributed by atoms with Crippen molar-refractivity contribution in [2.24, 2.45) is 0 Å². The van der Waals surface area contributed by atoms with Crippen molar-refractivity contribution in [1.29, 1.82) is 0 Å². The molecule has 0 fully saturated rings. The van der Waals surface area contributed by atoms with Crippen LogP contribution in [0.2, 0.25) is 0 Å². The maximum Gasteiger partial charge on any atom is 0.339 e. The van der Waals surface area contributed by atoms with Crippen molar-refractivity contribution >= 4 is 17.6 Å². The second-order valence-electron chi connectivity index (χ2n) is 2.08. The van der Waals surface area contributed by atoms with Gasteiger partial charge in [-0.3, -0.25) is 0 Å². The van der Waals surface area contributed by atoms with Gasteiger partial charge in [-0.25, -0.2) is 4.79 Å². The normalized spacial score (nSPS) is 9.42. The number of anilines is 2. The first kappa shape index (κ1) is 8.25. The van der Waals surface area contributed by atoms with E-state index in [9.17, 15) is 4.79 Å². The van der Waals surface area contributed by atoms with E-state index < -0.39 is 5.97 Å². The van der Waals surface area contributed by atoms with Gasteiger partial charge in [0.1, 0.15) is 11.4 Å². The lowest BCUT2D eigenvalue weighted by Crippen LogP contribution is -2.07. The lowest BCUT2D eigenvalue weighted by molar-refractivity contribution is 0.0697. The Morgan fingerprint density at radius 2 is 2.33 bits per heavy atom. The third kappa shape index (κ3) is 1.42. The van der Waals surface area contributed by atoms with E-state index in [1.807, 2.05) is 0 Å². The van der Waals surface area contributed by atoms with Crippen LogP contribution in [-0.4, -0.2) is 28.3 Å². The third-order valence-corrected chi connectivity index (χ3v) is 1.31. The summed E-state index contributed by atoms with van der Waals surface area (Å²) in [6, 6.07) is 1.32. The zero-order chi connectivity index (χ0) is 9.14. The number of nitrogens with zero attached hydrogens (tertiary/aromatic N) is 2. The highest BCUT2D eigenvalue weighted by molar-refractivity contribution is 5.93. The van der Waals surface area contributed by atoms with Crippen molar-refractivity contribution in [2.45, 2.75) is 0 Å². The first-order valence-electron chi connectivity index (χ1n) is 3.19. The van der Waals surface area contributed by atoms with Crippen LogP contribution in [0.15, 0.2) is 6.07 Å². The van der Waals surface area contributed by atoms with Gasteiger partial charge in [0, 0.05) is 13.1 Å². The highest BCUT2D eigenvalue weighted by Gasteiger charge is 2.09. The van der Waals surface area contributed by atoms with Crippen LogP contribution in [0.1, 0.15) is 10.4 Å². The lowest BCUT2D eigenvalue weighted by Gasteiger charge is -2.01. The topological polar surface area (TPSA) is 101 Å². The van der Waals surface area contributed by atoms with E-state index in [0.29, 0.717) is 5.82 Å². The van der Waals surface area contributed by atoms with Gasteiger partial charge in [0.25, 0.3) is 0 Å². The summed E-state index contributed by atoms with van der Waals surface area (Å²) < 4.78 is 0. The summed E-state index contributed by atoms with van der Waals surface area (Å²) in [5, 5.41) is 18.3. The van der Waals surface area contributed by atoms with E-state index in [1.165, 1.54) is 6.07 Å². The van der Waals surface area contributed by atoms with Gasteiger partial charge in [-0.1, -0.05) is 0 Å². The van der Waals surface area contributed by atoms with Crippen LogP contribution in [0.25, 0.3) is 0 Å². The van der Waals surface area contributed by atoms with Gasteiger partial charge < -0.3 is 16.2 Å². The second-order valence-corrected chi connectivity index (χ2v) is 2.08. The summed E-state index contributed by atoms with van der Waals surface area (Å²) in [5.74, 6) is -0.818. The summed E-state index contributed by atoms with van der Waals surface area (Å²) in [4.78, 5) is 10.5. The first-order chi connectivity index (χ1) is 5.65. The maximum absolute atomic E-state index is 10.5. The molecular weight excluding hydrogens is 160 g/mol. The molecule has 0 bridgehead atoms. The average molecular weight is 168 g/mol. The summed E-state index contributed by atoms with van der Waals surface area (Å²) >= 11 is 0. The van der Waals surface area contributed by atoms with Crippen molar-refractivity contribution in [3.8, 4) is 0 Å². The number of carbonyl (C=O) groups is 1. The van der Waals surface area contributed by atoms with Gasteiger partial charge in [-0.15, -0.1) is 10.2 Å². The van der Waals surface area contributed by atoms with E-state index in [1.54, 1.807) is 7.05 Å². The van der Waals surface area contributed by atoms with Crippen LogP contribution in [0, 0.1) is 0 Å². The molecule has 0 saturated heterocycles. The molecule has 4 N–H and O–H groups in total. The predicted molar refractivity (Wildman–Crippen MR) is 43.0 cm³/mol. The number of nitrogens with two attached hydrogens (primary N) is 1. The second kappa shape index (κ2) is 3.04. The number of hydrogen-bond donors (Lipinski definition) is 3. The number of hydrogen-bond acceptors (Lipinski definition) is 5. The Balaban J connectivity index is 3.17. The fourth-order valence-electron chi connectivity index (χ4n) is 0.695. The SMILES string of the molecule is CNc1cc(C(=O)O)c(N)nn1. The minimum absolute atomic E-state index is 0.0469. The van der Waals surface area contributed by atoms with Gasteiger partial charge in [0.05, 0.1) is 0 Å². The van der Waals surface area contributed by atoms with Crippen LogP contribution < -0.4 is 11.1 Å². The van der Waals surface area contributed by atoms with Crippen LogP contribution in [0.4, 0.5) is 11.6 Å². The van der Waals surface area contributed by atoms with Crippen LogP contribution in [0.5, 0.6) is 0 Å². The standard InChI is InChI=1S/C6H8N4O2/c1-8-4-2-3(6(11)12)5(7)10-9-4/h2H,1H3,(H2,7,10)(H,8,9)(H,11,12). The van der Waals surface area contributed by atoms with Crippen molar-refractivity contribution < 1.29 is 9.90 Å². The number of nitrogens with one attached hydrogen (secondary N) is 1. The number of nitrogen functional groups attached to an aromatic ring is 1. The molecular formula is C6H8N4O2. The van der Waals surface area contributed by atoms with Crippen molar-refractivity contribution in [2.75, 3.05) is 18.1 Å². The van der Waals surface area contributed by atoms with E-state index >= 15 is 0 Å². The third-order valence-electron chi connectivity index (χ3n) is 1.31. The molecule has 0 aliphatic rings. The fourth-order valence-corrected chi connectivity index (χ4v) is 0.695. The molecule has 64 valence electrons. The molecule has 0 unspecified atom stereocenters. The van der Waals surface area contributed by atoms with Gasteiger partial charge in [-0.05, 0) is 0 Å². The molecule has 12 heavy (non-hydrogen) atoms. The molecule has 0 radical (unpaired) electrons. The molecule has 1 aromatic rings. The molecule has 0 aliphatic heterocycles. The molecule has 0 aliphatic carbocycles. The molecule has 0 atom stereocenters. The van der Waals surface area contributed by atoms with Gasteiger partial charge in [0.2, 0.25) is 0 Å². The van der Waals surface area contributed by atoms with E-state index in [0.717, 1.165) is 0 Å². The van der Waals surface area contributed by atoms with E-state index in [-0.39, 0.29) is 11.4 Å². The zero-order valence-corrected chi connectivity index (χ0v) is 6.40. The number of rotatable bonds is 2. The van der Waals surface area contributed by atoms with E-state index in [4.69, 9.17) is 10.8 Å². The Kier molecular flexibility index (Phi) is 2.09. The zero-order valence-electron chi connectivity index (χ0n) is 6.40. The Bertz CT molecular complexity index is 312. The molecule has 0 amide bonds. The largest absolute Gasteiger partial charge is 0.478 e. The quantitative estimate of drug-likeness (QED) is 0.565. The van der Waals surface area contributed by atoms with Crippen molar-refractivity contribution in [3.05, 3.63) is 11.6 Å². The summed E-state index contributed by atoms with van der Waals surface area (Å²) in [5.41, 5.74) is 5.22. The Hall–Kier alpha value is -1.85. The molecule has 0 saturated carbocycles. The average Bonchev–Trinajstić information content (AvgIpc) is 2.05. The monoisotopic (exact) mass is 168 g/mol. The van der Waals surface area contributed by atoms with Crippen molar-refractivity contribution in [3.63, 3.8) is 0 Å². The van der Waals surface area contributed by atoms with Gasteiger partial charge in [0.15, 0.2) is 5.82 Å². The van der Waals surface area contributed by atoms with E-state index in [2.05, 4.69) is 15.5 Å². The first-order valence-corrected chi connectivity index (χ1v) is 3.19.